The second kappa shape index (κ2) is 3.97. The number of rotatable bonds is 2. The molecule has 0 aromatic heterocycles. The van der Waals surface area contributed by atoms with Gasteiger partial charge in [-0.25, -0.2) is 0 Å². The molecule has 3 rings (SSSR count). The average Bonchev–Trinajstić information content (AvgIpc) is 3.15. The highest BCUT2D eigenvalue weighted by Gasteiger charge is 2.24. The fourth-order valence-corrected chi connectivity index (χ4v) is 2.66. The van der Waals surface area contributed by atoms with E-state index in [0.717, 1.165) is 12.5 Å². The summed E-state index contributed by atoms with van der Waals surface area (Å²) in [5.74, 6) is 0.827. The summed E-state index contributed by atoms with van der Waals surface area (Å²) in [6.45, 7) is 0.919. The summed E-state index contributed by atoms with van der Waals surface area (Å²) in [5, 5.41) is 0. The lowest BCUT2D eigenvalue weighted by Crippen LogP contribution is -2.04. The minimum Gasteiger partial charge on any atom is -0.368 e. The zero-order valence-electron chi connectivity index (χ0n) is 9.11. The lowest BCUT2D eigenvalue weighted by molar-refractivity contribution is 0.415. The standard InChI is InChI=1S/C14H18O/c1-2-4-11(5-3-1)12-6-8-13(9-7-12)14-10-15-14/h6-9,11,14H,1-5,10H2. The molecule has 1 aromatic rings. The number of benzene rings is 1. The van der Waals surface area contributed by atoms with Gasteiger partial charge in [0.1, 0.15) is 6.10 Å². The third-order valence-electron chi connectivity index (χ3n) is 3.72. The summed E-state index contributed by atoms with van der Waals surface area (Å²) >= 11 is 0. The lowest BCUT2D eigenvalue weighted by atomic mass is 9.84. The fraction of sp³-hybridized carbons (Fsp3) is 0.571. The minimum atomic E-state index is 0.408. The Labute approximate surface area is 91.5 Å². The summed E-state index contributed by atoms with van der Waals surface area (Å²) in [7, 11) is 0. The smallest absolute Gasteiger partial charge is 0.106 e. The highest BCUT2D eigenvalue weighted by atomic mass is 16.6. The van der Waals surface area contributed by atoms with E-state index in [4.69, 9.17) is 4.74 Å². The number of ether oxygens (including phenoxy) is 1. The fourth-order valence-electron chi connectivity index (χ4n) is 2.66. The van der Waals surface area contributed by atoms with Crippen molar-refractivity contribution in [2.45, 2.75) is 44.1 Å². The molecule has 1 aliphatic heterocycles. The molecule has 1 saturated heterocycles. The maximum absolute atomic E-state index is 5.28. The first-order valence-electron chi connectivity index (χ1n) is 6.15. The van der Waals surface area contributed by atoms with Crippen LogP contribution in [0.2, 0.25) is 0 Å². The second-order valence-electron chi connectivity index (χ2n) is 4.82. The monoisotopic (exact) mass is 202 g/mol. The summed E-state index contributed by atoms with van der Waals surface area (Å²) in [6, 6.07) is 9.13. The van der Waals surface area contributed by atoms with Crippen molar-refractivity contribution >= 4 is 0 Å². The summed E-state index contributed by atoms with van der Waals surface area (Å²) in [6.07, 6.45) is 7.45. The first-order valence-corrected chi connectivity index (χ1v) is 6.15. The first-order chi connectivity index (χ1) is 7.43. The zero-order valence-corrected chi connectivity index (χ0v) is 9.11. The Balaban J connectivity index is 1.73. The topological polar surface area (TPSA) is 12.5 Å². The van der Waals surface area contributed by atoms with Crippen LogP contribution in [-0.4, -0.2) is 6.61 Å². The SMILES string of the molecule is c1cc(C2CO2)ccc1C1CCCCC1. The average molecular weight is 202 g/mol. The molecule has 2 fully saturated rings. The van der Waals surface area contributed by atoms with Gasteiger partial charge in [-0.15, -0.1) is 0 Å². The van der Waals surface area contributed by atoms with Crippen molar-refractivity contribution in [2.75, 3.05) is 6.61 Å². The van der Waals surface area contributed by atoms with Crippen LogP contribution in [-0.2, 0) is 4.74 Å². The molecule has 2 aliphatic rings. The highest BCUT2D eigenvalue weighted by Crippen LogP contribution is 2.35. The van der Waals surface area contributed by atoms with E-state index in [2.05, 4.69) is 24.3 Å². The van der Waals surface area contributed by atoms with E-state index < -0.39 is 0 Å². The molecule has 1 heteroatoms. The van der Waals surface area contributed by atoms with E-state index in [0.29, 0.717) is 6.10 Å². The van der Waals surface area contributed by atoms with E-state index in [-0.39, 0.29) is 0 Å². The molecule has 1 nitrogen and oxygen atoms in total. The van der Waals surface area contributed by atoms with Gasteiger partial charge < -0.3 is 4.74 Å². The summed E-state index contributed by atoms with van der Waals surface area (Å²) < 4.78 is 5.28. The van der Waals surface area contributed by atoms with E-state index in [9.17, 15) is 0 Å². The molecule has 0 spiro atoms. The molecule has 1 atom stereocenters. The Morgan fingerprint density at radius 2 is 1.47 bits per heavy atom. The Hall–Kier alpha value is -0.820. The maximum Gasteiger partial charge on any atom is 0.106 e. The van der Waals surface area contributed by atoms with Crippen molar-refractivity contribution in [2.24, 2.45) is 0 Å². The van der Waals surface area contributed by atoms with Crippen LogP contribution in [0.15, 0.2) is 24.3 Å². The van der Waals surface area contributed by atoms with E-state index in [1.807, 2.05) is 0 Å². The summed E-state index contributed by atoms with van der Waals surface area (Å²) in [4.78, 5) is 0. The van der Waals surface area contributed by atoms with Crippen molar-refractivity contribution in [3.8, 4) is 0 Å². The minimum absolute atomic E-state index is 0.408. The normalized spacial score (nSPS) is 26.5. The zero-order chi connectivity index (χ0) is 10.1. The van der Waals surface area contributed by atoms with Crippen molar-refractivity contribution in [1.82, 2.24) is 0 Å². The van der Waals surface area contributed by atoms with Crippen LogP contribution in [0.4, 0.5) is 0 Å². The largest absolute Gasteiger partial charge is 0.368 e. The predicted molar refractivity (Wildman–Crippen MR) is 61.0 cm³/mol. The molecule has 15 heavy (non-hydrogen) atoms. The molecule has 1 saturated carbocycles. The molecule has 0 radical (unpaired) electrons. The van der Waals surface area contributed by atoms with Crippen LogP contribution in [0.25, 0.3) is 0 Å². The molecule has 1 aromatic carbocycles. The third kappa shape index (κ3) is 2.07. The molecule has 0 amide bonds. The molecule has 1 unspecified atom stereocenters. The van der Waals surface area contributed by atoms with Gasteiger partial charge in [0.25, 0.3) is 0 Å². The number of hydrogen-bond donors (Lipinski definition) is 0. The van der Waals surface area contributed by atoms with Crippen LogP contribution in [0.5, 0.6) is 0 Å². The molecule has 1 heterocycles. The van der Waals surface area contributed by atoms with Gasteiger partial charge in [0.15, 0.2) is 0 Å². The summed E-state index contributed by atoms with van der Waals surface area (Å²) in [5.41, 5.74) is 2.90. The Kier molecular flexibility index (Phi) is 2.49. The van der Waals surface area contributed by atoms with Gasteiger partial charge in [0.05, 0.1) is 6.61 Å². The Morgan fingerprint density at radius 3 is 2.07 bits per heavy atom. The molecule has 0 bridgehead atoms. The predicted octanol–water partition coefficient (Wildman–Crippen LogP) is 3.81. The van der Waals surface area contributed by atoms with Crippen molar-refractivity contribution < 1.29 is 4.74 Å². The van der Waals surface area contributed by atoms with Gasteiger partial charge in [-0.2, -0.15) is 0 Å². The van der Waals surface area contributed by atoms with Gasteiger partial charge in [0, 0.05) is 0 Å². The molecule has 0 N–H and O–H groups in total. The van der Waals surface area contributed by atoms with Gasteiger partial charge in [-0.1, -0.05) is 43.5 Å². The van der Waals surface area contributed by atoms with E-state index >= 15 is 0 Å². The van der Waals surface area contributed by atoms with Gasteiger partial charge in [-0.3, -0.25) is 0 Å². The molecular weight excluding hydrogens is 184 g/mol. The number of hydrogen-bond acceptors (Lipinski definition) is 1. The van der Waals surface area contributed by atoms with E-state index in [1.165, 1.54) is 37.7 Å². The van der Waals surface area contributed by atoms with Gasteiger partial charge in [-0.05, 0) is 29.9 Å². The van der Waals surface area contributed by atoms with E-state index in [1.54, 1.807) is 5.56 Å². The van der Waals surface area contributed by atoms with Crippen molar-refractivity contribution in [1.29, 1.82) is 0 Å². The molecule has 80 valence electrons. The lowest BCUT2D eigenvalue weighted by Gasteiger charge is -2.21. The quantitative estimate of drug-likeness (QED) is 0.664. The van der Waals surface area contributed by atoms with Crippen LogP contribution < -0.4 is 0 Å². The van der Waals surface area contributed by atoms with Crippen LogP contribution in [0.3, 0.4) is 0 Å². The first kappa shape index (κ1) is 9.41. The van der Waals surface area contributed by atoms with Crippen molar-refractivity contribution in [3.63, 3.8) is 0 Å². The van der Waals surface area contributed by atoms with Crippen molar-refractivity contribution in [3.05, 3.63) is 35.4 Å². The Morgan fingerprint density at radius 1 is 0.867 bits per heavy atom. The van der Waals surface area contributed by atoms with Gasteiger partial charge >= 0.3 is 0 Å². The maximum atomic E-state index is 5.28. The van der Waals surface area contributed by atoms with Crippen LogP contribution in [0, 0.1) is 0 Å². The third-order valence-corrected chi connectivity index (χ3v) is 3.72. The van der Waals surface area contributed by atoms with Crippen LogP contribution in [0.1, 0.15) is 55.3 Å². The second-order valence-corrected chi connectivity index (χ2v) is 4.82. The van der Waals surface area contributed by atoms with Crippen LogP contribution >= 0.6 is 0 Å². The highest BCUT2D eigenvalue weighted by molar-refractivity contribution is 5.28. The molecule has 1 aliphatic carbocycles. The van der Waals surface area contributed by atoms with Gasteiger partial charge in [0.2, 0.25) is 0 Å². The molecular formula is C14H18O. The Bertz CT molecular complexity index is 318. The number of epoxide rings is 1.